The summed E-state index contributed by atoms with van der Waals surface area (Å²) in [6.45, 7) is 2.69. The smallest absolute Gasteiger partial charge is 0.170 e. The molecular weight excluding hydrogens is 204 g/mol. The predicted octanol–water partition coefficient (Wildman–Crippen LogP) is 1.12. The first-order valence-electron chi connectivity index (χ1n) is 5.11. The van der Waals surface area contributed by atoms with Crippen LogP contribution in [0.3, 0.4) is 0 Å². The van der Waals surface area contributed by atoms with E-state index in [1.165, 1.54) is 6.33 Å². The Balaban J connectivity index is 2.14. The third kappa shape index (κ3) is 2.13. The van der Waals surface area contributed by atoms with Crippen molar-refractivity contribution in [2.24, 2.45) is 0 Å². The van der Waals surface area contributed by atoms with Crippen molar-refractivity contribution in [1.82, 2.24) is 19.7 Å². The van der Waals surface area contributed by atoms with Crippen LogP contribution < -0.4 is 0 Å². The second-order valence-corrected chi connectivity index (χ2v) is 3.33. The normalized spacial score (nSPS) is 10.3. The number of aryl methyl sites for hydroxylation is 1. The van der Waals surface area contributed by atoms with Crippen molar-refractivity contribution in [3.8, 4) is 0 Å². The van der Waals surface area contributed by atoms with E-state index in [-0.39, 0.29) is 12.2 Å². The summed E-state index contributed by atoms with van der Waals surface area (Å²) in [7, 11) is 0. The lowest BCUT2D eigenvalue weighted by atomic mass is 10.1. The van der Waals surface area contributed by atoms with Gasteiger partial charge in [-0.15, -0.1) is 0 Å². The van der Waals surface area contributed by atoms with E-state index < -0.39 is 0 Å². The summed E-state index contributed by atoms with van der Waals surface area (Å²) < 4.78 is 1.72. The van der Waals surface area contributed by atoms with Crippen molar-refractivity contribution in [1.29, 1.82) is 0 Å². The number of ketones is 1. The topological polar surface area (TPSA) is 60.7 Å². The molecule has 0 aromatic carbocycles. The molecule has 0 aliphatic rings. The number of rotatable bonds is 4. The number of carbonyl (C=O) groups is 1. The molecule has 0 amide bonds. The average molecular weight is 216 g/mol. The van der Waals surface area contributed by atoms with Crippen LogP contribution in [0.2, 0.25) is 0 Å². The third-order valence-corrected chi connectivity index (χ3v) is 2.32. The number of nitrogens with zero attached hydrogens (tertiary/aromatic N) is 4. The molecule has 82 valence electrons. The van der Waals surface area contributed by atoms with E-state index in [9.17, 15) is 4.79 Å². The van der Waals surface area contributed by atoms with Gasteiger partial charge in [-0.3, -0.25) is 9.78 Å². The zero-order valence-electron chi connectivity index (χ0n) is 9.00. The molecule has 0 aliphatic carbocycles. The van der Waals surface area contributed by atoms with Gasteiger partial charge in [0.25, 0.3) is 0 Å². The lowest BCUT2D eigenvalue weighted by molar-refractivity contribution is 0.0989. The minimum atomic E-state index is 0.0325. The van der Waals surface area contributed by atoms with Crippen molar-refractivity contribution >= 4 is 5.78 Å². The van der Waals surface area contributed by atoms with E-state index in [0.29, 0.717) is 11.4 Å². The van der Waals surface area contributed by atoms with E-state index in [0.717, 1.165) is 6.54 Å². The van der Waals surface area contributed by atoms with Crippen LogP contribution in [0.4, 0.5) is 0 Å². The summed E-state index contributed by atoms with van der Waals surface area (Å²) in [5, 5.41) is 4.02. The molecule has 0 radical (unpaired) electrons. The molecule has 0 N–H and O–H groups in total. The van der Waals surface area contributed by atoms with Crippen molar-refractivity contribution in [2.75, 3.05) is 0 Å². The van der Waals surface area contributed by atoms with Gasteiger partial charge in [0.05, 0.1) is 6.42 Å². The lowest BCUT2D eigenvalue weighted by Gasteiger charge is -2.02. The van der Waals surface area contributed by atoms with Gasteiger partial charge in [0.15, 0.2) is 5.78 Å². The Hall–Kier alpha value is -2.04. The maximum Gasteiger partial charge on any atom is 0.170 e. The number of pyridine rings is 1. The van der Waals surface area contributed by atoms with E-state index in [1.807, 2.05) is 6.92 Å². The van der Waals surface area contributed by atoms with Crippen LogP contribution >= 0.6 is 0 Å². The van der Waals surface area contributed by atoms with Crippen LogP contribution in [0.1, 0.15) is 23.1 Å². The molecule has 0 bridgehead atoms. The highest BCUT2D eigenvalue weighted by Crippen LogP contribution is 2.04. The van der Waals surface area contributed by atoms with Crippen LogP contribution in [0.15, 0.2) is 30.9 Å². The zero-order valence-corrected chi connectivity index (χ0v) is 9.00. The first-order chi connectivity index (χ1) is 7.81. The number of Topliss-reactive ketones (excluding diaryl/α,β-unsaturated/α-hetero) is 1. The van der Waals surface area contributed by atoms with Crippen molar-refractivity contribution < 1.29 is 4.79 Å². The summed E-state index contributed by atoms with van der Waals surface area (Å²) in [6, 6.07) is 3.41. The summed E-state index contributed by atoms with van der Waals surface area (Å²) >= 11 is 0. The summed E-state index contributed by atoms with van der Waals surface area (Å²) in [5.41, 5.74) is 0.653. The maximum absolute atomic E-state index is 11.9. The molecule has 0 spiro atoms. The van der Waals surface area contributed by atoms with Gasteiger partial charge in [-0.05, 0) is 19.1 Å². The van der Waals surface area contributed by atoms with Crippen LogP contribution in [-0.4, -0.2) is 25.5 Å². The second kappa shape index (κ2) is 4.65. The van der Waals surface area contributed by atoms with Crippen molar-refractivity contribution in [2.45, 2.75) is 19.9 Å². The molecule has 0 unspecified atom stereocenters. The summed E-state index contributed by atoms with van der Waals surface area (Å²) in [6.07, 6.45) is 4.96. The van der Waals surface area contributed by atoms with E-state index in [4.69, 9.17) is 0 Å². The Morgan fingerprint density at radius 2 is 2.12 bits per heavy atom. The van der Waals surface area contributed by atoms with E-state index >= 15 is 0 Å². The predicted molar refractivity (Wildman–Crippen MR) is 58.0 cm³/mol. The monoisotopic (exact) mass is 216 g/mol. The fraction of sp³-hybridized carbons (Fsp3) is 0.273. The highest BCUT2D eigenvalue weighted by atomic mass is 16.1. The fourth-order valence-corrected chi connectivity index (χ4v) is 1.47. The Labute approximate surface area is 93.2 Å². The first kappa shape index (κ1) is 10.5. The molecule has 0 saturated heterocycles. The van der Waals surface area contributed by atoms with Crippen LogP contribution in [-0.2, 0) is 13.0 Å². The highest BCUT2D eigenvalue weighted by Gasteiger charge is 2.10. The molecule has 2 aromatic heterocycles. The Bertz CT molecular complexity index is 478. The minimum absolute atomic E-state index is 0.0325. The Morgan fingerprint density at radius 1 is 1.38 bits per heavy atom. The average Bonchev–Trinajstić information content (AvgIpc) is 2.77. The number of hydrogen-bond donors (Lipinski definition) is 0. The fourth-order valence-electron chi connectivity index (χ4n) is 1.47. The summed E-state index contributed by atoms with van der Waals surface area (Å²) in [4.78, 5) is 19.8. The van der Waals surface area contributed by atoms with Gasteiger partial charge in [0, 0.05) is 24.5 Å². The van der Waals surface area contributed by atoms with Gasteiger partial charge in [0.2, 0.25) is 0 Å². The molecule has 5 nitrogen and oxygen atoms in total. The molecule has 5 heteroatoms. The Kier molecular flexibility index (Phi) is 3.05. The SMILES string of the molecule is CCn1ncnc1CC(=O)c1ccncc1. The van der Waals surface area contributed by atoms with Gasteiger partial charge in [-0.1, -0.05) is 0 Å². The molecule has 0 atom stereocenters. The van der Waals surface area contributed by atoms with Crippen LogP contribution in [0, 0.1) is 0 Å². The number of hydrogen-bond acceptors (Lipinski definition) is 4. The number of carbonyl (C=O) groups excluding carboxylic acids is 1. The van der Waals surface area contributed by atoms with Gasteiger partial charge in [-0.25, -0.2) is 9.67 Å². The van der Waals surface area contributed by atoms with Gasteiger partial charge in [0.1, 0.15) is 12.2 Å². The van der Waals surface area contributed by atoms with Crippen molar-refractivity contribution in [3.05, 3.63) is 42.2 Å². The third-order valence-electron chi connectivity index (χ3n) is 2.32. The maximum atomic E-state index is 11.9. The van der Waals surface area contributed by atoms with Crippen LogP contribution in [0.25, 0.3) is 0 Å². The largest absolute Gasteiger partial charge is 0.294 e. The molecule has 16 heavy (non-hydrogen) atoms. The molecule has 0 fully saturated rings. The second-order valence-electron chi connectivity index (χ2n) is 3.33. The molecule has 0 saturated carbocycles. The highest BCUT2D eigenvalue weighted by molar-refractivity contribution is 5.96. The van der Waals surface area contributed by atoms with Gasteiger partial charge in [-0.2, -0.15) is 5.10 Å². The van der Waals surface area contributed by atoms with Gasteiger partial charge >= 0.3 is 0 Å². The van der Waals surface area contributed by atoms with Gasteiger partial charge < -0.3 is 0 Å². The van der Waals surface area contributed by atoms with E-state index in [2.05, 4.69) is 15.1 Å². The molecular formula is C11H12N4O. The minimum Gasteiger partial charge on any atom is -0.294 e. The standard InChI is InChI=1S/C11H12N4O/c1-2-15-11(13-8-14-15)7-10(16)9-3-5-12-6-4-9/h3-6,8H,2,7H2,1H3. The van der Waals surface area contributed by atoms with E-state index in [1.54, 1.807) is 29.2 Å². The summed E-state index contributed by atoms with van der Waals surface area (Å²) in [5.74, 6) is 0.731. The quantitative estimate of drug-likeness (QED) is 0.718. The number of aromatic nitrogens is 4. The van der Waals surface area contributed by atoms with Crippen LogP contribution in [0.5, 0.6) is 0 Å². The Morgan fingerprint density at radius 3 is 2.81 bits per heavy atom. The molecule has 2 rings (SSSR count). The van der Waals surface area contributed by atoms with Crippen molar-refractivity contribution in [3.63, 3.8) is 0 Å². The lowest BCUT2D eigenvalue weighted by Crippen LogP contribution is -2.10. The molecule has 0 aliphatic heterocycles. The zero-order chi connectivity index (χ0) is 11.4. The molecule has 2 aromatic rings. The molecule has 2 heterocycles. The first-order valence-corrected chi connectivity index (χ1v) is 5.11.